The number of hydrogen-bond acceptors (Lipinski definition) is 6. The van der Waals surface area contributed by atoms with Crippen LogP contribution >= 0.6 is 22.7 Å². The molecule has 0 radical (unpaired) electrons. The molecule has 0 saturated heterocycles. The van der Waals surface area contributed by atoms with Gasteiger partial charge < -0.3 is 10.1 Å². The molecule has 1 amide bonds. The minimum Gasteiger partial charge on any atom is -0.465 e. The number of carbonyl (C=O) groups is 2. The summed E-state index contributed by atoms with van der Waals surface area (Å²) in [7, 11) is 1.34. The Kier molecular flexibility index (Phi) is 5.73. The number of thiophene rings is 2. The van der Waals surface area contributed by atoms with Crippen molar-refractivity contribution < 1.29 is 14.3 Å². The average Bonchev–Trinajstić information content (AvgIpc) is 3.54. The van der Waals surface area contributed by atoms with Crippen molar-refractivity contribution in [1.82, 2.24) is 4.98 Å². The van der Waals surface area contributed by atoms with Crippen molar-refractivity contribution in [3.63, 3.8) is 0 Å². The SMILES string of the molecule is COC(=O)c1c(-c2ccccc2)csc1NC(=O)c1cc(-c2cccs2)nc2ccccc12. The zero-order valence-electron chi connectivity index (χ0n) is 17.6. The van der Waals surface area contributed by atoms with Gasteiger partial charge in [-0.2, -0.15) is 0 Å². The summed E-state index contributed by atoms with van der Waals surface area (Å²) in [6.07, 6.45) is 0. The number of ether oxygens (including phenoxy) is 1. The third-order valence-corrected chi connectivity index (χ3v) is 7.01. The molecular weight excluding hydrogens is 452 g/mol. The molecule has 3 aromatic heterocycles. The lowest BCUT2D eigenvalue weighted by atomic mass is 10.0. The smallest absolute Gasteiger partial charge is 0.341 e. The number of benzene rings is 2. The molecule has 5 rings (SSSR count). The van der Waals surface area contributed by atoms with Crippen molar-refractivity contribution in [3.8, 4) is 21.7 Å². The highest BCUT2D eigenvalue weighted by molar-refractivity contribution is 7.15. The maximum absolute atomic E-state index is 13.5. The van der Waals surface area contributed by atoms with E-state index < -0.39 is 5.97 Å². The second-order valence-corrected chi connectivity index (χ2v) is 9.04. The van der Waals surface area contributed by atoms with Crippen LogP contribution in [0.5, 0.6) is 0 Å². The number of amides is 1. The van der Waals surface area contributed by atoms with Gasteiger partial charge in [-0.3, -0.25) is 4.79 Å². The number of aromatic nitrogens is 1. The Morgan fingerprint density at radius 2 is 1.73 bits per heavy atom. The Bertz CT molecular complexity index is 1460. The molecule has 7 heteroatoms. The first-order valence-electron chi connectivity index (χ1n) is 10.2. The lowest BCUT2D eigenvalue weighted by Gasteiger charge is -2.11. The fourth-order valence-corrected chi connectivity index (χ4v) is 5.31. The van der Waals surface area contributed by atoms with Gasteiger partial charge in [0.05, 0.1) is 28.8 Å². The molecule has 0 atom stereocenters. The monoisotopic (exact) mass is 470 g/mol. The molecule has 33 heavy (non-hydrogen) atoms. The standard InChI is InChI=1S/C26H18N2O3S2/c1-31-26(30)23-19(16-8-3-2-4-9-16)15-33-25(23)28-24(29)18-14-21(22-12-7-13-32-22)27-20-11-6-5-10-17(18)20/h2-15H,1H3,(H,28,29). The number of para-hydroxylation sites is 1. The number of pyridine rings is 1. The molecule has 0 unspecified atom stereocenters. The number of rotatable bonds is 5. The summed E-state index contributed by atoms with van der Waals surface area (Å²) >= 11 is 2.86. The minimum atomic E-state index is -0.496. The van der Waals surface area contributed by atoms with E-state index in [9.17, 15) is 9.59 Å². The molecule has 0 aliphatic heterocycles. The first-order valence-corrected chi connectivity index (χ1v) is 11.9. The van der Waals surface area contributed by atoms with Crippen LogP contribution in [-0.4, -0.2) is 24.0 Å². The number of esters is 1. The molecule has 1 N–H and O–H groups in total. The van der Waals surface area contributed by atoms with Gasteiger partial charge in [0, 0.05) is 16.3 Å². The lowest BCUT2D eigenvalue weighted by Crippen LogP contribution is -2.15. The summed E-state index contributed by atoms with van der Waals surface area (Å²) in [5, 5.41) is 7.98. The Balaban J connectivity index is 1.58. The third kappa shape index (κ3) is 4.04. The average molecular weight is 471 g/mol. The van der Waals surface area contributed by atoms with E-state index in [1.165, 1.54) is 18.4 Å². The van der Waals surface area contributed by atoms with E-state index in [1.54, 1.807) is 17.4 Å². The van der Waals surface area contributed by atoms with Crippen molar-refractivity contribution in [2.45, 2.75) is 0 Å². The van der Waals surface area contributed by atoms with E-state index in [4.69, 9.17) is 9.72 Å². The molecule has 0 aliphatic carbocycles. The number of carbonyl (C=O) groups excluding carboxylic acids is 2. The third-order valence-electron chi connectivity index (χ3n) is 5.23. The largest absolute Gasteiger partial charge is 0.465 e. The molecular formula is C26H18N2O3S2. The molecule has 162 valence electrons. The van der Waals surface area contributed by atoms with E-state index in [-0.39, 0.29) is 5.91 Å². The van der Waals surface area contributed by atoms with Gasteiger partial charge in [0.25, 0.3) is 5.91 Å². The molecule has 5 nitrogen and oxygen atoms in total. The van der Waals surface area contributed by atoms with Crippen LogP contribution in [0.1, 0.15) is 20.7 Å². The number of anilines is 1. The second-order valence-electron chi connectivity index (χ2n) is 7.21. The summed E-state index contributed by atoms with van der Waals surface area (Å²) in [5.41, 5.74) is 3.91. The van der Waals surface area contributed by atoms with Gasteiger partial charge in [-0.05, 0) is 29.1 Å². The minimum absolute atomic E-state index is 0.307. The van der Waals surface area contributed by atoms with Crippen LogP contribution in [0.3, 0.4) is 0 Å². The lowest BCUT2D eigenvalue weighted by molar-refractivity contribution is 0.0603. The van der Waals surface area contributed by atoms with Gasteiger partial charge in [0.15, 0.2) is 0 Å². The molecule has 0 bridgehead atoms. The van der Waals surface area contributed by atoms with E-state index in [0.717, 1.165) is 32.6 Å². The van der Waals surface area contributed by atoms with E-state index in [2.05, 4.69) is 5.32 Å². The second kappa shape index (κ2) is 8.97. The van der Waals surface area contributed by atoms with Crippen LogP contribution < -0.4 is 5.32 Å². The zero-order chi connectivity index (χ0) is 22.8. The maximum atomic E-state index is 13.5. The number of methoxy groups -OCH3 is 1. The molecule has 0 fully saturated rings. The number of nitrogens with zero attached hydrogens (tertiary/aromatic N) is 1. The predicted octanol–water partition coefficient (Wildman–Crippen LogP) is 6.73. The van der Waals surface area contributed by atoms with Gasteiger partial charge in [0.1, 0.15) is 10.6 Å². The number of fused-ring (bicyclic) bond motifs is 1. The summed E-state index contributed by atoms with van der Waals surface area (Å²) in [6.45, 7) is 0. The van der Waals surface area contributed by atoms with Crippen molar-refractivity contribution in [2.24, 2.45) is 0 Å². The zero-order valence-corrected chi connectivity index (χ0v) is 19.2. The Hall–Kier alpha value is -3.81. The van der Waals surface area contributed by atoms with E-state index >= 15 is 0 Å². The Morgan fingerprint density at radius 1 is 0.939 bits per heavy atom. The van der Waals surface area contributed by atoms with Gasteiger partial charge in [-0.25, -0.2) is 9.78 Å². The Labute approximate surface area is 198 Å². The van der Waals surface area contributed by atoms with Gasteiger partial charge in [-0.15, -0.1) is 22.7 Å². The molecule has 3 heterocycles. The topological polar surface area (TPSA) is 68.3 Å². The summed E-state index contributed by atoms with van der Waals surface area (Å²) in [6, 6.07) is 22.8. The normalized spacial score (nSPS) is 10.8. The maximum Gasteiger partial charge on any atom is 0.341 e. The highest BCUT2D eigenvalue weighted by Gasteiger charge is 2.23. The fraction of sp³-hybridized carbons (Fsp3) is 0.0385. The molecule has 0 aliphatic rings. The summed E-state index contributed by atoms with van der Waals surface area (Å²) < 4.78 is 5.03. The van der Waals surface area contributed by atoms with Crippen LogP contribution in [-0.2, 0) is 4.74 Å². The highest BCUT2D eigenvalue weighted by atomic mass is 32.1. The van der Waals surface area contributed by atoms with Crippen molar-refractivity contribution in [1.29, 1.82) is 0 Å². The van der Waals surface area contributed by atoms with Crippen molar-refractivity contribution in [3.05, 3.63) is 94.7 Å². The van der Waals surface area contributed by atoms with Crippen LogP contribution in [0.15, 0.2) is 83.6 Å². The summed E-state index contributed by atoms with van der Waals surface area (Å²) in [4.78, 5) is 31.8. The fourth-order valence-electron chi connectivity index (χ4n) is 3.67. The predicted molar refractivity (Wildman–Crippen MR) is 134 cm³/mol. The molecule has 0 saturated carbocycles. The van der Waals surface area contributed by atoms with Crippen LogP contribution in [0.2, 0.25) is 0 Å². The van der Waals surface area contributed by atoms with Crippen LogP contribution in [0.4, 0.5) is 5.00 Å². The molecule has 2 aromatic carbocycles. The van der Waals surface area contributed by atoms with E-state index in [1.807, 2.05) is 77.5 Å². The van der Waals surface area contributed by atoms with Gasteiger partial charge in [0.2, 0.25) is 0 Å². The van der Waals surface area contributed by atoms with Gasteiger partial charge >= 0.3 is 5.97 Å². The van der Waals surface area contributed by atoms with Crippen molar-refractivity contribution >= 4 is 50.5 Å². The van der Waals surface area contributed by atoms with Crippen LogP contribution in [0, 0.1) is 0 Å². The number of hydrogen-bond donors (Lipinski definition) is 1. The Morgan fingerprint density at radius 3 is 2.48 bits per heavy atom. The first-order chi connectivity index (χ1) is 16.2. The van der Waals surface area contributed by atoms with Crippen molar-refractivity contribution in [2.75, 3.05) is 12.4 Å². The van der Waals surface area contributed by atoms with Gasteiger partial charge in [-0.1, -0.05) is 54.6 Å². The van der Waals surface area contributed by atoms with Crippen LogP contribution in [0.25, 0.3) is 32.6 Å². The first kappa shape index (κ1) is 21.1. The summed E-state index contributed by atoms with van der Waals surface area (Å²) in [5.74, 6) is -0.803. The molecule has 0 spiro atoms. The highest BCUT2D eigenvalue weighted by Crippen LogP contribution is 2.37. The molecule has 5 aromatic rings. The number of nitrogens with one attached hydrogen (secondary N) is 1. The quantitative estimate of drug-likeness (QED) is 0.289. The van der Waals surface area contributed by atoms with E-state index in [0.29, 0.717) is 16.1 Å².